The van der Waals surface area contributed by atoms with E-state index in [1.165, 1.54) is 4.90 Å². The van der Waals surface area contributed by atoms with Crippen LogP contribution in [-0.4, -0.2) is 54.8 Å². The molecule has 2 rings (SSSR count). The number of hydrogen-bond donors (Lipinski definition) is 0. The number of aromatic nitrogens is 2. The van der Waals surface area contributed by atoms with Crippen molar-refractivity contribution in [3.63, 3.8) is 0 Å². The quantitative estimate of drug-likeness (QED) is 0.590. The summed E-state index contributed by atoms with van der Waals surface area (Å²) in [6.45, 7) is 9.87. The van der Waals surface area contributed by atoms with Crippen molar-refractivity contribution < 1.29 is 22.7 Å². The lowest BCUT2D eigenvalue weighted by Crippen LogP contribution is -2.34. The molecule has 2 aromatic rings. The first-order chi connectivity index (χ1) is 14.3. The Kier molecular flexibility index (Phi) is 7.77. The summed E-state index contributed by atoms with van der Waals surface area (Å²) < 4.78 is 33.3. The van der Waals surface area contributed by atoms with Crippen molar-refractivity contribution in [1.29, 1.82) is 0 Å². The summed E-state index contributed by atoms with van der Waals surface area (Å²) in [5.41, 5.74) is 1.02. The maximum absolute atomic E-state index is 13.7. The predicted octanol–water partition coefficient (Wildman–Crippen LogP) is 3.33. The molecule has 0 radical (unpaired) electrons. The normalized spacial score (nSPS) is 11.4. The number of esters is 1. The highest BCUT2D eigenvalue weighted by Gasteiger charge is 2.34. The number of carbonyl (C=O) groups is 2. The van der Waals surface area contributed by atoms with Crippen molar-refractivity contribution >= 4 is 21.8 Å². The molecule has 0 spiro atoms. The Balaban J connectivity index is 2.76. The highest BCUT2D eigenvalue weighted by molar-refractivity contribution is 7.91. The van der Waals surface area contributed by atoms with Crippen LogP contribution in [0.5, 0.6) is 0 Å². The van der Waals surface area contributed by atoms with E-state index in [4.69, 9.17) is 4.74 Å². The second-order valence-electron chi connectivity index (χ2n) is 6.58. The summed E-state index contributed by atoms with van der Waals surface area (Å²) in [7, 11) is -4.17. The summed E-state index contributed by atoms with van der Waals surface area (Å²) >= 11 is 0. The lowest BCUT2D eigenvalue weighted by Gasteiger charge is -2.17. The molecule has 0 aliphatic rings. The molecule has 0 aliphatic heterocycles. The molecular weight excluding hydrogens is 406 g/mol. The van der Waals surface area contributed by atoms with Crippen LogP contribution >= 0.6 is 0 Å². The van der Waals surface area contributed by atoms with E-state index in [1.54, 1.807) is 32.9 Å². The fourth-order valence-corrected chi connectivity index (χ4v) is 5.21. The van der Waals surface area contributed by atoms with Gasteiger partial charge in [0, 0.05) is 13.1 Å². The van der Waals surface area contributed by atoms with Gasteiger partial charge in [0.1, 0.15) is 5.56 Å². The van der Waals surface area contributed by atoms with Crippen LogP contribution in [0.2, 0.25) is 0 Å². The van der Waals surface area contributed by atoms with Crippen molar-refractivity contribution in [3.05, 3.63) is 41.1 Å². The molecule has 30 heavy (non-hydrogen) atoms. The van der Waals surface area contributed by atoms with Gasteiger partial charge in [0.05, 0.1) is 17.7 Å². The Morgan fingerprint density at radius 3 is 2.07 bits per heavy atom. The fraction of sp³-hybridized carbons (Fsp3) is 0.476. The molecule has 0 fully saturated rings. The number of ether oxygens (including phenoxy) is 1. The summed E-state index contributed by atoms with van der Waals surface area (Å²) in [6.07, 6.45) is 2.14. The Morgan fingerprint density at radius 1 is 1.03 bits per heavy atom. The van der Waals surface area contributed by atoms with Gasteiger partial charge in [-0.25, -0.2) is 18.0 Å². The second kappa shape index (κ2) is 9.88. The van der Waals surface area contributed by atoms with E-state index in [0.29, 0.717) is 37.1 Å². The average molecular weight is 436 g/mol. The summed E-state index contributed by atoms with van der Waals surface area (Å²) in [6, 6.07) is 4.79. The monoisotopic (exact) mass is 435 g/mol. The zero-order valence-electron chi connectivity index (χ0n) is 18.1. The maximum atomic E-state index is 13.7. The van der Waals surface area contributed by atoms with Crippen LogP contribution < -0.4 is 0 Å². The van der Waals surface area contributed by atoms with Gasteiger partial charge >= 0.3 is 12.0 Å². The highest BCUT2D eigenvalue weighted by Crippen LogP contribution is 2.30. The number of hydrogen-bond acceptors (Lipinski definition) is 6. The molecule has 164 valence electrons. The molecule has 0 unspecified atom stereocenters. The molecule has 0 saturated heterocycles. The van der Waals surface area contributed by atoms with Gasteiger partial charge in [0.15, 0.2) is 5.03 Å². The molecule has 0 N–H and O–H groups in total. The van der Waals surface area contributed by atoms with Crippen molar-refractivity contribution in [2.24, 2.45) is 0 Å². The highest BCUT2D eigenvalue weighted by atomic mass is 32.2. The standard InChI is InChI=1S/C21H29N3O5S/c1-6-15-12-11-13-16(7-2)18(15)30(27,28)19-17(20(25)29-10-5)14-24(22-19)21(26)23(8-3)9-4/h11-14H,6-10H2,1-5H3. The number of nitrogens with zero attached hydrogens (tertiary/aromatic N) is 3. The molecular formula is C21H29N3O5S. The molecule has 0 saturated carbocycles. The van der Waals surface area contributed by atoms with Crippen LogP contribution in [0.1, 0.15) is 56.1 Å². The number of aryl methyl sites for hydroxylation is 2. The molecule has 1 aromatic heterocycles. The van der Waals surface area contributed by atoms with Gasteiger partial charge in [-0.2, -0.15) is 9.78 Å². The number of rotatable bonds is 8. The van der Waals surface area contributed by atoms with Crippen LogP contribution in [0.15, 0.2) is 34.3 Å². The average Bonchev–Trinajstić information content (AvgIpc) is 3.20. The summed E-state index contributed by atoms with van der Waals surface area (Å²) in [5, 5.41) is 3.60. The minimum atomic E-state index is -4.17. The Bertz CT molecular complexity index is 1000. The number of amides is 1. The summed E-state index contributed by atoms with van der Waals surface area (Å²) in [4.78, 5) is 26.9. The zero-order chi connectivity index (χ0) is 22.5. The van der Waals surface area contributed by atoms with Gasteiger partial charge in [-0.15, -0.1) is 0 Å². The minimum Gasteiger partial charge on any atom is -0.462 e. The van der Waals surface area contributed by atoms with Gasteiger partial charge in [0.25, 0.3) is 0 Å². The first-order valence-electron chi connectivity index (χ1n) is 10.2. The number of benzene rings is 1. The maximum Gasteiger partial charge on any atom is 0.344 e. The Labute approximate surface area is 177 Å². The predicted molar refractivity (Wildman–Crippen MR) is 113 cm³/mol. The van der Waals surface area contributed by atoms with E-state index < -0.39 is 26.9 Å². The molecule has 1 amide bonds. The second-order valence-corrected chi connectivity index (χ2v) is 8.39. The molecule has 0 aliphatic carbocycles. The lowest BCUT2D eigenvalue weighted by molar-refractivity contribution is 0.0522. The van der Waals surface area contributed by atoms with E-state index >= 15 is 0 Å². The van der Waals surface area contributed by atoms with Gasteiger partial charge in [-0.1, -0.05) is 32.0 Å². The van der Waals surface area contributed by atoms with Crippen LogP contribution in [0, 0.1) is 0 Å². The van der Waals surface area contributed by atoms with Crippen molar-refractivity contribution in [1.82, 2.24) is 14.7 Å². The third kappa shape index (κ3) is 4.40. The van der Waals surface area contributed by atoms with E-state index in [9.17, 15) is 18.0 Å². The molecule has 0 bridgehead atoms. The van der Waals surface area contributed by atoms with Crippen LogP contribution in [0.3, 0.4) is 0 Å². The first kappa shape index (κ1) is 23.6. The Morgan fingerprint density at radius 2 is 1.60 bits per heavy atom. The molecule has 9 heteroatoms. The third-order valence-corrected chi connectivity index (χ3v) is 6.74. The summed E-state index contributed by atoms with van der Waals surface area (Å²) in [5.74, 6) is -0.832. The van der Waals surface area contributed by atoms with Gasteiger partial charge in [-0.05, 0) is 44.7 Å². The van der Waals surface area contributed by atoms with Crippen LogP contribution in [0.25, 0.3) is 0 Å². The fourth-order valence-electron chi connectivity index (χ4n) is 3.28. The number of carbonyl (C=O) groups excluding carboxylic acids is 2. The topological polar surface area (TPSA) is 98.6 Å². The molecule has 0 atom stereocenters. The molecule has 8 nitrogen and oxygen atoms in total. The Hall–Kier alpha value is -2.68. The van der Waals surface area contributed by atoms with Gasteiger partial charge in [-0.3, -0.25) is 0 Å². The van der Waals surface area contributed by atoms with Crippen molar-refractivity contribution in [3.8, 4) is 0 Å². The smallest absolute Gasteiger partial charge is 0.344 e. The molecule has 1 aromatic carbocycles. The minimum absolute atomic E-state index is 0.0687. The van der Waals surface area contributed by atoms with Crippen LogP contribution in [-0.2, 0) is 27.4 Å². The number of sulfone groups is 1. The zero-order valence-corrected chi connectivity index (χ0v) is 19.0. The van der Waals surface area contributed by atoms with E-state index in [1.807, 2.05) is 19.9 Å². The molecule has 1 heterocycles. The van der Waals surface area contributed by atoms with Crippen molar-refractivity contribution in [2.45, 2.75) is 57.4 Å². The van der Waals surface area contributed by atoms with E-state index in [0.717, 1.165) is 10.9 Å². The van der Waals surface area contributed by atoms with Crippen LogP contribution in [0.4, 0.5) is 4.79 Å². The lowest BCUT2D eigenvalue weighted by atomic mass is 10.1. The van der Waals surface area contributed by atoms with E-state index in [2.05, 4.69) is 5.10 Å². The van der Waals surface area contributed by atoms with Gasteiger partial charge < -0.3 is 9.64 Å². The SMILES string of the molecule is CCOC(=O)c1cn(C(=O)N(CC)CC)nc1S(=O)(=O)c1c(CC)cccc1CC. The third-order valence-electron chi connectivity index (χ3n) is 4.87. The van der Waals surface area contributed by atoms with E-state index in [-0.39, 0.29) is 17.1 Å². The largest absolute Gasteiger partial charge is 0.462 e. The van der Waals surface area contributed by atoms with Crippen molar-refractivity contribution in [2.75, 3.05) is 19.7 Å². The first-order valence-corrected chi connectivity index (χ1v) is 11.7. The van der Waals surface area contributed by atoms with Gasteiger partial charge in [0.2, 0.25) is 9.84 Å².